The number of carbonyl (C=O) groups excluding carboxylic acids is 1. The normalized spacial score (nSPS) is 13.9. The first-order valence-electron chi connectivity index (χ1n) is 8.56. The average Bonchev–Trinajstić information content (AvgIpc) is 3.02. The summed E-state index contributed by atoms with van der Waals surface area (Å²) in [5.41, 5.74) is 1.67. The predicted octanol–water partition coefficient (Wildman–Crippen LogP) is 3.08. The average molecular weight is 374 g/mol. The summed E-state index contributed by atoms with van der Waals surface area (Å²) in [6, 6.07) is 4.38. The van der Waals surface area contributed by atoms with E-state index in [2.05, 4.69) is 5.10 Å². The van der Waals surface area contributed by atoms with E-state index in [0.717, 1.165) is 11.3 Å². The molecule has 0 saturated heterocycles. The van der Waals surface area contributed by atoms with E-state index >= 15 is 0 Å². The molecule has 1 aromatic heterocycles. The molecule has 3 rings (SSSR count). The maximum Gasteiger partial charge on any atom is 0.410 e. The van der Waals surface area contributed by atoms with Gasteiger partial charge in [0.15, 0.2) is 0 Å². The number of benzene rings is 1. The quantitative estimate of drug-likeness (QED) is 0.605. The Morgan fingerprint density at radius 3 is 2.70 bits per heavy atom. The van der Waals surface area contributed by atoms with Crippen LogP contribution in [0.5, 0.6) is 5.75 Å². The van der Waals surface area contributed by atoms with E-state index < -0.39 is 10.5 Å². The van der Waals surface area contributed by atoms with Gasteiger partial charge in [-0.1, -0.05) is 0 Å². The van der Waals surface area contributed by atoms with Crippen LogP contribution in [0.1, 0.15) is 32.0 Å². The van der Waals surface area contributed by atoms with Gasteiger partial charge in [0.1, 0.15) is 17.0 Å². The van der Waals surface area contributed by atoms with Gasteiger partial charge in [-0.3, -0.25) is 10.1 Å². The number of methoxy groups -OCH3 is 1. The molecule has 27 heavy (non-hydrogen) atoms. The molecule has 0 N–H and O–H groups in total. The standard InChI is InChI=1S/C18H22N4O5/c1-18(2,3)27-17(23)20-8-7-14-12(11-20)10-19-21(14)15-9-13(22(24)25)5-6-16(15)26-4/h5-6,9-10H,7-8,11H2,1-4H3. The number of amides is 1. The fourth-order valence-corrected chi connectivity index (χ4v) is 2.98. The number of ether oxygens (including phenoxy) is 2. The van der Waals surface area contributed by atoms with Gasteiger partial charge in [-0.25, -0.2) is 9.48 Å². The number of nitro groups is 1. The predicted molar refractivity (Wildman–Crippen MR) is 97.1 cm³/mol. The Balaban J connectivity index is 1.90. The van der Waals surface area contributed by atoms with E-state index in [4.69, 9.17) is 9.47 Å². The zero-order valence-corrected chi connectivity index (χ0v) is 15.8. The fraction of sp³-hybridized carbons (Fsp3) is 0.444. The lowest BCUT2D eigenvalue weighted by molar-refractivity contribution is -0.384. The number of hydrogen-bond donors (Lipinski definition) is 0. The van der Waals surface area contributed by atoms with Gasteiger partial charge in [0, 0.05) is 30.7 Å². The number of rotatable bonds is 3. The SMILES string of the molecule is COc1ccc([N+](=O)[O-])cc1-n1ncc2c1CCN(C(=O)OC(C)(C)C)C2. The van der Waals surface area contributed by atoms with E-state index in [1.54, 1.807) is 21.8 Å². The van der Waals surface area contributed by atoms with Crippen molar-refractivity contribution >= 4 is 11.8 Å². The number of hydrogen-bond acceptors (Lipinski definition) is 6. The molecule has 144 valence electrons. The van der Waals surface area contributed by atoms with Crippen LogP contribution in [-0.4, -0.2) is 45.0 Å². The highest BCUT2D eigenvalue weighted by Gasteiger charge is 2.28. The van der Waals surface area contributed by atoms with Gasteiger partial charge < -0.3 is 14.4 Å². The van der Waals surface area contributed by atoms with Crippen molar-refractivity contribution < 1.29 is 19.2 Å². The molecule has 0 spiro atoms. The number of nitro benzene ring substituents is 1. The van der Waals surface area contributed by atoms with Crippen LogP contribution in [0.4, 0.5) is 10.5 Å². The first-order chi connectivity index (χ1) is 12.7. The van der Waals surface area contributed by atoms with Crippen LogP contribution < -0.4 is 4.74 Å². The van der Waals surface area contributed by atoms with Crippen molar-refractivity contribution in [3.05, 3.63) is 45.8 Å². The molecule has 0 bridgehead atoms. The molecule has 1 aromatic carbocycles. The van der Waals surface area contributed by atoms with Crippen LogP contribution >= 0.6 is 0 Å². The number of nitrogens with zero attached hydrogens (tertiary/aromatic N) is 4. The zero-order valence-electron chi connectivity index (χ0n) is 15.8. The maximum absolute atomic E-state index is 12.3. The summed E-state index contributed by atoms with van der Waals surface area (Å²) < 4.78 is 12.4. The van der Waals surface area contributed by atoms with Crippen LogP contribution in [0.2, 0.25) is 0 Å². The number of carbonyl (C=O) groups is 1. The van der Waals surface area contributed by atoms with E-state index in [9.17, 15) is 14.9 Å². The third kappa shape index (κ3) is 3.86. The highest BCUT2D eigenvalue weighted by Crippen LogP contribution is 2.30. The molecule has 2 heterocycles. The number of aromatic nitrogens is 2. The van der Waals surface area contributed by atoms with Crippen molar-refractivity contribution in [2.75, 3.05) is 13.7 Å². The molecule has 9 nitrogen and oxygen atoms in total. The zero-order chi connectivity index (χ0) is 19.8. The van der Waals surface area contributed by atoms with Crippen LogP contribution in [0.15, 0.2) is 24.4 Å². The Morgan fingerprint density at radius 1 is 1.33 bits per heavy atom. The minimum absolute atomic E-state index is 0.0405. The van der Waals surface area contributed by atoms with Crippen LogP contribution in [0.3, 0.4) is 0 Å². The minimum Gasteiger partial charge on any atom is -0.494 e. The van der Waals surface area contributed by atoms with Gasteiger partial charge in [-0.15, -0.1) is 0 Å². The summed E-state index contributed by atoms with van der Waals surface area (Å²) in [4.78, 5) is 24.6. The van der Waals surface area contributed by atoms with Crippen molar-refractivity contribution in [2.24, 2.45) is 0 Å². The summed E-state index contributed by atoms with van der Waals surface area (Å²) in [5.74, 6) is 0.487. The lowest BCUT2D eigenvalue weighted by Gasteiger charge is -2.30. The summed E-state index contributed by atoms with van der Waals surface area (Å²) in [7, 11) is 1.50. The molecule has 1 amide bonds. The van der Waals surface area contributed by atoms with Crippen molar-refractivity contribution in [3.63, 3.8) is 0 Å². The van der Waals surface area contributed by atoms with E-state index in [1.165, 1.54) is 19.2 Å². The molecule has 9 heteroatoms. The first kappa shape index (κ1) is 18.7. The van der Waals surface area contributed by atoms with Crippen molar-refractivity contribution in [1.82, 2.24) is 14.7 Å². The van der Waals surface area contributed by atoms with E-state index in [0.29, 0.717) is 30.9 Å². The second-order valence-corrected chi connectivity index (χ2v) is 7.29. The Kier molecular flexibility index (Phi) is 4.77. The Bertz CT molecular complexity index is 884. The molecule has 0 saturated carbocycles. The molecule has 0 unspecified atom stereocenters. The van der Waals surface area contributed by atoms with Gasteiger partial charge >= 0.3 is 6.09 Å². The topological polar surface area (TPSA) is 99.7 Å². The second kappa shape index (κ2) is 6.90. The summed E-state index contributed by atoms with van der Waals surface area (Å²) >= 11 is 0. The first-order valence-corrected chi connectivity index (χ1v) is 8.56. The van der Waals surface area contributed by atoms with Crippen molar-refractivity contribution in [3.8, 4) is 11.4 Å². The Labute approximate surface area is 156 Å². The largest absolute Gasteiger partial charge is 0.494 e. The van der Waals surface area contributed by atoms with Gasteiger partial charge in [0.25, 0.3) is 5.69 Å². The molecule has 0 atom stereocenters. The molecular weight excluding hydrogens is 352 g/mol. The number of non-ortho nitro benzene ring substituents is 1. The van der Waals surface area contributed by atoms with Gasteiger partial charge in [-0.05, 0) is 26.8 Å². The van der Waals surface area contributed by atoms with Crippen LogP contribution in [-0.2, 0) is 17.7 Å². The van der Waals surface area contributed by atoms with Crippen molar-refractivity contribution in [2.45, 2.75) is 39.3 Å². The maximum atomic E-state index is 12.3. The van der Waals surface area contributed by atoms with E-state index in [1.807, 2.05) is 20.8 Å². The Hall–Kier alpha value is -3.10. The molecule has 1 aliphatic heterocycles. The van der Waals surface area contributed by atoms with Crippen LogP contribution in [0, 0.1) is 10.1 Å². The smallest absolute Gasteiger partial charge is 0.410 e. The molecular formula is C18H22N4O5. The molecule has 0 aliphatic carbocycles. The van der Waals surface area contributed by atoms with Gasteiger partial charge in [0.2, 0.25) is 0 Å². The lowest BCUT2D eigenvalue weighted by Crippen LogP contribution is -2.40. The minimum atomic E-state index is -0.558. The monoisotopic (exact) mass is 374 g/mol. The lowest BCUT2D eigenvalue weighted by atomic mass is 10.1. The van der Waals surface area contributed by atoms with E-state index in [-0.39, 0.29) is 11.8 Å². The fourth-order valence-electron chi connectivity index (χ4n) is 2.98. The summed E-state index contributed by atoms with van der Waals surface area (Å²) in [6.07, 6.45) is 1.86. The second-order valence-electron chi connectivity index (χ2n) is 7.29. The summed E-state index contributed by atoms with van der Waals surface area (Å²) in [5, 5.41) is 15.5. The third-order valence-corrected chi connectivity index (χ3v) is 4.19. The van der Waals surface area contributed by atoms with Crippen LogP contribution in [0.25, 0.3) is 5.69 Å². The molecule has 1 aliphatic rings. The molecule has 0 radical (unpaired) electrons. The highest BCUT2D eigenvalue weighted by atomic mass is 16.6. The summed E-state index contributed by atoms with van der Waals surface area (Å²) in [6.45, 7) is 6.33. The number of fused-ring (bicyclic) bond motifs is 1. The molecule has 0 fully saturated rings. The Morgan fingerprint density at radius 2 is 2.07 bits per heavy atom. The van der Waals surface area contributed by atoms with Gasteiger partial charge in [0.05, 0.1) is 30.5 Å². The highest BCUT2D eigenvalue weighted by molar-refractivity contribution is 5.68. The molecule has 2 aromatic rings. The van der Waals surface area contributed by atoms with Gasteiger partial charge in [-0.2, -0.15) is 5.10 Å². The van der Waals surface area contributed by atoms with Crippen molar-refractivity contribution in [1.29, 1.82) is 0 Å². The third-order valence-electron chi connectivity index (χ3n) is 4.19.